The van der Waals surface area contributed by atoms with Gasteiger partial charge >= 0.3 is 5.97 Å². The molecule has 0 saturated carbocycles. The normalized spacial score (nSPS) is 9.29. The molecule has 0 aromatic carbocycles. The smallest absolute Gasteiger partial charge is 0.317 e. The topological polar surface area (TPSA) is 91.2 Å². The highest BCUT2D eigenvalue weighted by Crippen LogP contribution is 2.15. The van der Waals surface area contributed by atoms with Crippen molar-refractivity contribution in [3.05, 3.63) is 17.3 Å². The summed E-state index contributed by atoms with van der Waals surface area (Å²) in [6.45, 7) is 3.89. The van der Waals surface area contributed by atoms with E-state index >= 15 is 0 Å². The monoisotopic (exact) mass is 233 g/mol. The van der Waals surface area contributed by atoms with Crippen molar-refractivity contribution in [2.24, 2.45) is 0 Å². The molecular weight excluding hydrogens is 218 g/mol. The molecule has 0 aliphatic rings. The first-order valence-corrected chi connectivity index (χ1v) is 5.21. The summed E-state index contributed by atoms with van der Waals surface area (Å²) >= 11 is 0. The summed E-state index contributed by atoms with van der Waals surface area (Å²) in [6, 6.07) is 1.65. The van der Waals surface area contributed by atoms with Crippen LogP contribution in [0, 0.1) is 18.8 Å². The average molecular weight is 233 g/mol. The van der Waals surface area contributed by atoms with Gasteiger partial charge in [-0.25, -0.2) is 4.98 Å². The van der Waals surface area contributed by atoms with E-state index in [1.165, 1.54) is 0 Å². The molecule has 5 nitrogen and oxygen atoms in total. The summed E-state index contributed by atoms with van der Waals surface area (Å²) < 4.78 is 4.75. The molecule has 4 N–H and O–H groups in total. The first kappa shape index (κ1) is 12.8. The van der Waals surface area contributed by atoms with Crippen LogP contribution < -0.4 is 11.5 Å². The Kier molecular flexibility index (Phi) is 4.35. The number of pyridine rings is 1. The zero-order chi connectivity index (χ0) is 12.8. The van der Waals surface area contributed by atoms with E-state index in [4.69, 9.17) is 16.2 Å². The molecule has 0 aliphatic heterocycles. The number of aryl methyl sites for hydroxylation is 1. The van der Waals surface area contributed by atoms with Gasteiger partial charge in [-0.3, -0.25) is 4.79 Å². The summed E-state index contributed by atoms with van der Waals surface area (Å²) in [7, 11) is 0. The van der Waals surface area contributed by atoms with Gasteiger partial charge in [-0.2, -0.15) is 0 Å². The van der Waals surface area contributed by atoms with Crippen LogP contribution in [-0.4, -0.2) is 17.6 Å². The number of anilines is 2. The number of carbonyl (C=O) groups is 1. The van der Waals surface area contributed by atoms with Crippen LogP contribution in [0.1, 0.15) is 24.6 Å². The van der Waals surface area contributed by atoms with Crippen molar-refractivity contribution >= 4 is 17.5 Å². The minimum absolute atomic E-state index is 0.0531. The van der Waals surface area contributed by atoms with Crippen LogP contribution in [0.2, 0.25) is 0 Å². The quantitative estimate of drug-likeness (QED) is 0.584. The summed E-state index contributed by atoms with van der Waals surface area (Å²) in [5.74, 6) is 5.49. The van der Waals surface area contributed by atoms with Crippen LogP contribution in [0.15, 0.2) is 6.07 Å². The Morgan fingerprint density at radius 3 is 2.88 bits per heavy atom. The molecule has 0 amide bonds. The van der Waals surface area contributed by atoms with E-state index in [1.807, 2.05) is 0 Å². The maximum absolute atomic E-state index is 11.1. The molecule has 5 heteroatoms. The molecule has 0 radical (unpaired) electrons. The Morgan fingerprint density at radius 2 is 2.24 bits per heavy atom. The van der Waals surface area contributed by atoms with Crippen LogP contribution in [0.3, 0.4) is 0 Å². The Morgan fingerprint density at radius 1 is 1.53 bits per heavy atom. The average Bonchev–Trinajstić information content (AvgIpc) is 2.26. The zero-order valence-corrected chi connectivity index (χ0v) is 9.91. The van der Waals surface area contributed by atoms with Crippen molar-refractivity contribution in [3.63, 3.8) is 0 Å². The maximum atomic E-state index is 11.1. The van der Waals surface area contributed by atoms with E-state index < -0.39 is 0 Å². The zero-order valence-electron chi connectivity index (χ0n) is 9.91. The number of nitrogen functional groups attached to an aromatic ring is 2. The van der Waals surface area contributed by atoms with Crippen LogP contribution >= 0.6 is 0 Å². The molecule has 1 rings (SSSR count). The van der Waals surface area contributed by atoms with Crippen LogP contribution in [0.25, 0.3) is 0 Å². The van der Waals surface area contributed by atoms with Crippen LogP contribution in [-0.2, 0) is 9.53 Å². The molecule has 0 atom stereocenters. The molecule has 0 aliphatic carbocycles. The van der Waals surface area contributed by atoms with E-state index in [1.54, 1.807) is 19.9 Å². The second-order valence-corrected chi connectivity index (χ2v) is 3.38. The minimum atomic E-state index is -0.339. The third-order valence-corrected chi connectivity index (χ3v) is 2.03. The molecule has 0 spiro atoms. The lowest BCUT2D eigenvalue weighted by molar-refractivity contribution is -0.141. The number of aromatic nitrogens is 1. The van der Waals surface area contributed by atoms with Gasteiger partial charge < -0.3 is 16.2 Å². The Labute approximate surface area is 100 Å². The summed E-state index contributed by atoms with van der Waals surface area (Å²) in [4.78, 5) is 15.1. The van der Waals surface area contributed by atoms with Gasteiger partial charge in [0.1, 0.15) is 12.2 Å². The van der Waals surface area contributed by atoms with Gasteiger partial charge in [0.15, 0.2) is 0 Å². The van der Waals surface area contributed by atoms with Gasteiger partial charge in [-0.1, -0.05) is 11.8 Å². The molecule has 1 aromatic heterocycles. The van der Waals surface area contributed by atoms with Gasteiger partial charge in [0, 0.05) is 5.56 Å². The molecule has 0 saturated heterocycles. The highest BCUT2D eigenvalue weighted by Gasteiger charge is 2.02. The summed E-state index contributed by atoms with van der Waals surface area (Å²) in [5, 5.41) is 0. The third kappa shape index (κ3) is 3.68. The largest absolute Gasteiger partial charge is 0.465 e. The second kappa shape index (κ2) is 5.75. The van der Waals surface area contributed by atoms with Gasteiger partial charge in [0.25, 0.3) is 0 Å². The van der Waals surface area contributed by atoms with Crippen molar-refractivity contribution in [1.29, 1.82) is 0 Å². The van der Waals surface area contributed by atoms with Crippen molar-refractivity contribution in [2.75, 3.05) is 18.1 Å². The lowest BCUT2D eigenvalue weighted by atomic mass is 10.2. The van der Waals surface area contributed by atoms with Gasteiger partial charge in [-0.15, -0.1) is 0 Å². The van der Waals surface area contributed by atoms with Crippen molar-refractivity contribution < 1.29 is 9.53 Å². The Hall–Kier alpha value is -2.22. The lowest BCUT2D eigenvalue weighted by Gasteiger charge is -2.02. The number of rotatable bonds is 2. The standard InChI is InChI=1S/C12H15N3O2/c1-3-17-11(16)6-4-5-9-7-10(13)12(14)15-8(9)2/h7H,3,6,13H2,1-2H3,(H2,14,15). The number of nitrogens with zero attached hydrogens (tertiary/aromatic N) is 1. The second-order valence-electron chi connectivity index (χ2n) is 3.38. The van der Waals surface area contributed by atoms with E-state index in [-0.39, 0.29) is 12.4 Å². The van der Waals surface area contributed by atoms with E-state index in [0.29, 0.717) is 29.4 Å². The lowest BCUT2D eigenvalue weighted by Crippen LogP contribution is -2.02. The Balaban J connectivity index is 2.79. The number of esters is 1. The summed E-state index contributed by atoms with van der Waals surface area (Å²) in [5.41, 5.74) is 12.9. The molecular formula is C12H15N3O2. The van der Waals surface area contributed by atoms with Gasteiger partial charge in [-0.05, 0) is 19.9 Å². The molecule has 17 heavy (non-hydrogen) atoms. The predicted octanol–water partition coefficient (Wildman–Crippen LogP) is 0.859. The molecule has 0 unspecified atom stereocenters. The van der Waals surface area contributed by atoms with Gasteiger partial charge in [0.05, 0.1) is 18.0 Å². The number of hydrogen-bond acceptors (Lipinski definition) is 5. The van der Waals surface area contributed by atoms with E-state index in [0.717, 1.165) is 0 Å². The van der Waals surface area contributed by atoms with Crippen molar-refractivity contribution in [1.82, 2.24) is 4.98 Å². The first-order chi connectivity index (χ1) is 8.04. The van der Waals surface area contributed by atoms with Crippen molar-refractivity contribution in [2.45, 2.75) is 20.3 Å². The number of hydrogen-bond donors (Lipinski definition) is 2. The third-order valence-electron chi connectivity index (χ3n) is 2.03. The fourth-order valence-corrected chi connectivity index (χ4v) is 1.19. The number of nitrogens with two attached hydrogens (primary N) is 2. The molecule has 1 aromatic rings. The molecule has 1 heterocycles. The Bertz CT molecular complexity index is 487. The van der Waals surface area contributed by atoms with Crippen LogP contribution in [0.5, 0.6) is 0 Å². The number of carbonyl (C=O) groups excluding carboxylic acids is 1. The van der Waals surface area contributed by atoms with Gasteiger partial charge in [0.2, 0.25) is 0 Å². The van der Waals surface area contributed by atoms with Crippen molar-refractivity contribution in [3.8, 4) is 11.8 Å². The maximum Gasteiger partial charge on any atom is 0.317 e. The SMILES string of the molecule is CCOC(=O)CC#Cc1cc(N)c(N)nc1C. The minimum Gasteiger partial charge on any atom is -0.465 e. The molecule has 0 bridgehead atoms. The first-order valence-electron chi connectivity index (χ1n) is 5.21. The highest BCUT2D eigenvalue weighted by molar-refractivity contribution is 5.72. The molecule has 0 fully saturated rings. The van der Waals surface area contributed by atoms with Crippen LogP contribution in [0.4, 0.5) is 11.5 Å². The highest BCUT2D eigenvalue weighted by atomic mass is 16.5. The van der Waals surface area contributed by atoms with E-state index in [2.05, 4.69) is 16.8 Å². The number of ether oxygens (including phenoxy) is 1. The summed E-state index contributed by atoms with van der Waals surface area (Å²) in [6.07, 6.45) is 0.0531. The molecule has 90 valence electrons. The predicted molar refractivity (Wildman–Crippen MR) is 65.9 cm³/mol. The fourth-order valence-electron chi connectivity index (χ4n) is 1.19. The fraction of sp³-hybridized carbons (Fsp3) is 0.333. The van der Waals surface area contributed by atoms with E-state index in [9.17, 15) is 4.79 Å².